The minimum atomic E-state index is -0.656. The van der Waals surface area contributed by atoms with Crippen LogP contribution in [0.4, 0.5) is 0 Å². The van der Waals surface area contributed by atoms with Crippen molar-refractivity contribution in [1.82, 2.24) is 10.6 Å². The first-order valence-electron chi connectivity index (χ1n) is 8.89. The molecule has 0 saturated carbocycles. The molecule has 5 heteroatoms. The Labute approximate surface area is 160 Å². The lowest BCUT2D eigenvalue weighted by Gasteiger charge is -2.20. The third-order valence-electron chi connectivity index (χ3n) is 4.19. The van der Waals surface area contributed by atoms with E-state index in [1.54, 1.807) is 20.1 Å². The number of hydrogen-bond donors (Lipinski definition) is 2. The summed E-state index contributed by atoms with van der Waals surface area (Å²) >= 11 is 0. The van der Waals surface area contributed by atoms with E-state index in [4.69, 9.17) is 4.74 Å². The van der Waals surface area contributed by atoms with Gasteiger partial charge in [0.2, 0.25) is 11.8 Å². The SMILES string of the molecule is COc1ccc(C)cc1C(C)NC(=O)C(C)NC(=O)/C=C/c1ccccc1. The van der Waals surface area contributed by atoms with E-state index in [0.717, 1.165) is 22.4 Å². The maximum atomic E-state index is 12.4. The third-order valence-corrected chi connectivity index (χ3v) is 4.19. The number of hydrogen-bond acceptors (Lipinski definition) is 3. The molecule has 2 N–H and O–H groups in total. The molecule has 0 aliphatic heterocycles. The van der Waals surface area contributed by atoms with Crippen LogP contribution in [0.25, 0.3) is 6.08 Å². The number of benzene rings is 2. The molecule has 2 unspecified atom stereocenters. The number of aryl methyl sites for hydroxylation is 1. The first-order chi connectivity index (χ1) is 12.9. The second-order valence-corrected chi connectivity index (χ2v) is 6.45. The normalized spacial score (nSPS) is 13.0. The van der Waals surface area contributed by atoms with Crippen LogP contribution in [-0.4, -0.2) is 25.0 Å². The summed E-state index contributed by atoms with van der Waals surface area (Å²) in [5.74, 6) is 0.144. The van der Waals surface area contributed by atoms with Crippen LogP contribution in [0.1, 0.15) is 36.6 Å². The summed E-state index contributed by atoms with van der Waals surface area (Å²) in [5.41, 5.74) is 2.90. The molecule has 0 bridgehead atoms. The van der Waals surface area contributed by atoms with Gasteiger partial charge in [-0.25, -0.2) is 0 Å². The predicted molar refractivity (Wildman–Crippen MR) is 107 cm³/mol. The summed E-state index contributed by atoms with van der Waals surface area (Å²) < 4.78 is 5.37. The molecule has 2 amide bonds. The van der Waals surface area contributed by atoms with Crippen LogP contribution in [0.15, 0.2) is 54.6 Å². The Kier molecular flexibility index (Phi) is 7.17. The molecule has 27 heavy (non-hydrogen) atoms. The van der Waals surface area contributed by atoms with Gasteiger partial charge >= 0.3 is 0 Å². The van der Waals surface area contributed by atoms with Crippen molar-refractivity contribution in [2.24, 2.45) is 0 Å². The Morgan fingerprint density at radius 2 is 1.74 bits per heavy atom. The average Bonchev–Trinajstić information content (AvgIpc) is 2.67. The number of carbonyl (C=O) groups is 2. The van der Waals surface area contributed by atoms with E-state index >= 15 is 0 Å². The molecule has 0 heterocycles. The number of methoxy groups -OCH3 is 1. The molecule has 5 nitrogen and oxygen atoms in total. The molecule has 2 rings (SSSR count). The summed E-state index contributed by atoms with van der Waals surface area (Å²) in [6.07, 6.45) is 3.13. The van der Waals surface area contributed by atoms with E-state index in [1.807, 2.05) is 62.4 Å². The van der Waals surface area contributed by atoms with Crippen LogP contribution in [0.5, 0.6) is 5.75 Å². The van der Waals surface area contributed by atoms with Crippen molar-refractivity contribution in [3.05, 3.63) is 71.3 Å². The summed E-state index contributed by atoms with van der Waals surface area (Å²) in [5, 5.41) is 5.60. The van der Waals surface area contributed by atoms with Crippen LogP contribution in [0, 0.1) is 6.92 Å². The van der Waals surface area contributed by atoms with E-state index in [9.17, 15) is 9.59 Å². The van der Waals surface area contributed by atoms with Crippen molar-refractivity contribution in [2.75, 3.05) is 7.11 Å². The van der Waals surface area contributed by atoms with Crippen molar-refractivity contribution in [1.29, 1.82) is 0 Å². The summed E-state index contributed by atoms with van der Waals surface area (Å²) in [7, 11) is 1.60. The van der Waals surface area contributed by atoms with Crippen LogP contribution in [0.2, 0.25) is 0 Å². The first kappa shape index (κ1) is 20.2. The monoisotopic (exact) mass is 366 g/mol. The topological polar surface area (TPSA) is 67.4 Å². The van der Waals surface area contributed by atoms with Gasteiger partial charge in [0.05, 0.1) is 13.2 Å². The van der Waals surface area contributed by atoms with Crippen molar-refractivity contribution in [3.8, 4) is 5.75 Å². The van der Waals surface area contributed by atoms with E-state index in [0.29, 0.717) is 0 Å². The van der Waals surface area contributed by atoms with Gasteiger partial charge in [0.1, 0.15) is 11.8 Å². The van der Waals surface area contributed by atoms with E-state index in [-0.39, 0.29) is 17.9 Å². The molecule has 0 fully saturated rings. The zero-order chi connectivity index (χ0) is 19.8. The molecule has 2 atom stereocenters. The van der Waals surface area contributed by atoms with Gasteiger partial charge in [0.15, 0.2) is 0 Å². The van der Waals surface area contributed by atoms with E-state index in [1.165, 1.54) is 6.08 Å². The van der Waals surface area contributed by atoms with Gasteiger partial charge < -0.3 is 15.4 Å². The molecule has 0 radical (unpaired) electrons. The fourth-order valence-electron chi connectivity index (χ4n) is 2.67. The van der Waals surface area contributed by atoms with Crippen LogP contribution >= 0.6 is 0 Å². The molecule has 0 saturated heterocycles. The maximum absolute atomic E-state index is 12.4. The lowest BCUT2D eigenvalue weighted by molar-refractivity contribution is -0.127. The molecular formula is C22H26N2O3. The number of ether oxygens (including phenoxy) is 1. The molecule has 0 aromatic heterocycles. The van der Waals surface area contributed by atoms with Crippen molar-refractivity contribution >= 4 is 17.9 Å². The van der Waals surface area contributed by atoms with E-state index in [2.05, 4.69) is 10.6 Å². The van der Waals surface area contributed by atoms with Gasteiger partial charge in [0, 0.05) is 11.6 Å². The highest BCUT2D eigenvalue weighted by atomic mass is 16.5. The van der Waals surface area contributed by atoms with Crippen molar-refractivity contribution < 1.29 is 14.3 Å². The summed E-state index contributed by atoms with van der Waals surface area (Å²) in [6.45, 7) is 5.53. The van der Waals surface area contributed by atoms with Crippen molar-refractivity contribution in [2.45, 2.75) is 32.9 Å². The zero-order valence-electron chi connectivity index (χ0n) is 16.2. The minimum Gasteiger partial charge on any atom is -0.496 e. The zero-order valence-corrected chi connectivity index (χ0v) is 16.2. The number of rotatable bonds is 7. The summed E-state index contributed by atoms with van der Waals surface area (Å²) in [6, 6.07) is 14.4. The van der Waals surface area contributed by atoms with Gasteiger partial charge in [-0.15, -0.1) is 0 Å². The lowest BCUT2D eigenvalue weighted by Crippen LogP contribution is -2.45. The quantitative estimate of drug-likeness (QED) is 0.738. The molecular weight excluding hydrogens is 340 g/mol. The molecule has 0 aliphatic rings. The number of nitrogens with one attached hydrogen (secondary N) is 2. The van der Waals surface area contributed by atoms with Crippen LogP contribution < -0.4 is 15.4 Å². The molecule has 2 aromatic carbocycles. The highest BCUT2D eigenvalue weighted by molar-refractivity contribution is 5.95. The second-order valence-electron chi connectivity index (χ2n) is 6.45. The molecule has 142 valence electrons. The van der Waals surface area contributed by atoms with Gasteiger partial charge in [-0.1, -0.05) is 48.0 Å². The smallest absolute Gasteiger partial charge is 0.244 e. The molecule has 2 aromatic rings. The lowest BCUT2D eigenvalue weighted by atomic mass is 10.0. The Morgan fingerprint density at radius 3 is 2.41 bits per heavy atom. The second kappa shape index (κ2) is 9.57. The molecule has 0 spiro atoms. The first-order valence-corrected chi connectivity index (χ1v) is 8.89. The minimum absolute atomic E-state index is 0.244. The number of amides is 2. The van der Waals surface area contributed by atoms with Gasteiger partial charge in [-0.2, -0.15) is 0 Å². The van der Waals surface area contributed by atoms with Gasteiger partial charge in [0.25, 0.3) is 0 Å². The fraction of sp³-hybridized carbons (Fsp3) is 0.273. The fourth-order valence-corrected chi connectivity index (χ4v) is 2.67. The largest absolute Gasteiger partial charge is 0.496 e. The van der Waals surface area contributed by atoms with Gasteiger partial charge in [-0.3, -0.25) is 9.59 Å². The Balaban J connectivity index is 1.94. The maximum Gasteiger partial charge on any atom is 0.244 e. The van der Waals surface area contributed by atoms with Crippen LogP contribution in [0.3, 0.4) is 0 Å². The number of carbonyl (C=O) groups excluding carboxylic acids is 2. The van der Waals surface area contributed by atoms with Crippen LogP contribution in [-0.2, 0) is 9.59 Å². The highest BCUT2D eigenvalue weighted by Gasteiger charge is 2.19. The average molecular weight is 366 g/mol. The Bertz CT molecular complexity index is 816. The Morgan fingerprint density at radius 1 is 1.04 bits per heavy atom. The highest BCUT2D eigenvalue weighted by Crippen LogP contribution is 2.26. The predicted octanol–water partition coefficient (Wildman–Crippen LogP) is 3.40. The van der Waals surface area contributed by atoms with Gasteiger partial charge in [-0.05, 0) is 38.5 Å². The molecule has 0 aliphatic carbocycles. The Hall–Kier alpha value is -3.08. The summed E-state index contributed by atoms with van der Waals surface area (Å²) in [4.78, 5) is 24.5. The van der Waals surface area contributed by atoms with E-state index < -0.39 is 6.04 Å². The standard InChI is InChI=1S/C22H26N2O3/c1-15-10-12-20(27-4)19(14-15)16(2)24-22(26)17(3)23-21(25)13-11-18-8-6-5-7-9-18/h5-14,16-17H,1-4H3,(H,23,25)(H,24,26)/b13-11+. The third kappa shape index (κ3) is 5.99. The van der Waals surface area contributed by atoms with Crippen molar-refractivity contribution in [3.63, 3.8) is 0 Å².